The van der Waals surface area contributed by atoms with E-state index in [9.17, 15) is 4.39 Å². The Balaban J connectivity index is 2.41. The minimum absolute atomic E-state index is 0.171. The van der Waals surface area contributed by atoms with Gasteiger partial charge in [0.15, 0.2) is 5.82 Å². The summed E-state index contributed by atoms with van der Waals surface area (Å²) in [5.41, 5.74) is 6.67. The van der Waals surface area contributed by atoms with Gasteiger partial charge in [0.25, 0.3) is 0 Å². The maximum absolute atomic E-state index is 14.7. The lowest BCUT2D eigenvalue weighted by Gasteiger charge is -2.29. The predicted molar refractivity (Wildman–Crippen MR) is 95.6 cm³/mol. The van der Waals surface area contributed by atoms with Crippen molar-refractivity contribution in [1.29, 1.82) is 0 Å². The molecule has 2 N–H and O–H groups in total. The van der Waals surface area contributed by atoms with Gasteiger partial charge >= 0.3 is 0 Å². The van der Waals surface area contributed by atoms with Crippen molar-refractivity contribution in [1.82, 2.24) is 0 Å². The normalized spacial score (nSPS) is 10.9. The highest BCUT2D eigenvalue weighted by molar-refractivity contribution is 9.10. The van der Waals surface area contributed by atoms with E-state index < -0.39 is 0 Å². The number of nitrogens with two attached hydrogens (primary N) is 1. The number of thiocarbonyl (C=S) groups is 1. The Labute approximate surface area is 141 Å². The summed E-state index contributed by atoms with van der Waals surface area (Å²) in [7, 11) is 0. The maximum atomic E-state index is 14.7. The van der Waals surface area contributed by atoms with Crippen LogP contribution in [0, 0.1) is 5.82 Å². The molecule has 0 saturated heterocycles. The van der Waals surface area contributed by atoms with Crippen molar-refractivity contribution in [3.8, 4) is 0 Å². The topological polar surface area (TPSA) is 29.3 Å². The van der Waals surface area contributed by atoms with Crippen LogP contribution in [0.2, 0.25) is 0 Å². The first kappa shape index (κ1) is 16.4. The molecule has 1 aromatic heterocycles. The fourth-order valence-electron chi connectivity index (χ4n) is 2.07. The Morgan fingerprint density at radius 3 is 2.67 bits per heavy atom. The molecule has 0 aliphatic rings. The number of rotatable bonds is 5. The molecule has 0 radical (unpaired) electrons. The van der Waals surface area contributed by atoms with Crippen LogP contribution in [0.15, 0.2) is 34.1 Å². The van der Waals surface area contributed by atoms with Gasteiger partial charge in [0.2, 0.25) is 0 Å². The van der Waals surface area contributed by atoms with E-state index in [-0.39, 0.29) is 16.8 Å². The van der Waals surface area contributed by atoms with Gasteiger partial charge in [0.1, 0.15) is 4.99 Å². The summed E-state index contributed by atoms with van der Waals surface area (Å²) in [6.07, 6.45) is 0. The third-order valence-electron chi connectivity index (χ3n) is 3.17. The van der Waals surface area contributed by atoms with Gasteiger partial charge < -0.3 is 10.6 Å². The van der Waals surface area contributed by atoms with E-state index in [1.165, 1.54) is 4.88 Å². The predicted octanol–water partition coefficient (Wildman–Crippen LogP) is 4.70. The summed E-state index contributed by atoms with van der Waals surface area (Å²) >= 11 is 9.86. The van der Waals surface area contributed by atoms with E-state index in [0.717, 1.165) is 0 Å². The molecule has 0 aliphatic heterocycles. The molecule has 2 nitrogen and oxygen atoms in total. The number of halogens is 2. The molecular formula is C15H16BrFN2S2. The van der Waals surface area contributed by atoms with Crippen LogP contribution in [0.4, 0.5) is 10.1 Å². The van der Waals surface area contributed by atoms with Crippen molar-refractivity contribution in [2.75, 3.05) is 4.90 Å². The fourth-order valence-corrected chi connectivity index (χ4v) is 3.62. The van der Waals surface area contributed by atoms with Crippen LogP contribution in [0.3, 0.4) is 0 Å². The van der Waals surface area contributed by atoms with Crippen molar-refractivity contribution in [3.05, 3.63) is 50.4 Å². The molecule has 112 valence electrons. The molecule has 0 unspecified atom stereocenters. The SMILES string of the molecule is CC(C)N(Cc1cccs1)c1ccc(C(N)=S)c(Br)c1F. The third-order valence-corrected chi connectivity index (χ3v) is 5.02. The maximum Gasteiger partial charge on any atom is 0.161 e. The zero-order valence-corrected chi connectivity index (χ0v) is 15.0. The lowest BCUT2D eigenvalue weighted by Crippen LogP contribution is -2.31. The molecule has 0 fully saturated rings. The summed E-state index contributed by atoms with van der Waals surface area (Å²) in [4.78, 5) is 3.40. The molecule has 0 amide bonds. The Bertz CT molecular complexity index is 641. The Morgan fingerprint density at radius 1 is 1.43 bits per heavy atom. The third kappa shape index (κ3) is 3.62. The average Bonchev–Trinajstić information content (AvgIpc) is 2.92. The van der Waals surface area contributed by atoms with Crippen LogP contribution in [-0.2, 0) is 6.54 Å². The molecule has 21 heavy (non-hydrogen) atoms. The zero-order valence-electron chi connectivity index (χ0n) is 11.8. The lowest BCUT2D eigenvalue weighted by molar-refractivity contribution is 0.594. The number of hydrogen-bond donors (Lipinski definition) is 1. The molecule has 2 aromatic rings. The number of benzene rings is 1. The Hall–Kier alpha value is -0.980. The van der Waals surface area contributed by atoms with E-state index >= 15 is 0 Å². The molecule has 2 rings (SSSR count). The van der Waals surface area contributed by atoms with Crippen LogP contribution in [0.5, 0.6) is 0 Å². The van der Waals surface area contributed by atoms with Crippen LogP contribution in [0.25, 0.3) is 0 Å². The first-order valence-electron chi connectivity index (χ1n) is 6.48. The highest BCUT2D eigenvalue weighted by Crippen LogP contribution is 2.32. The van der Waals surface area contributed by atoms with Crippen LogP contribution in [0.1, 0.15) is 24.3 Å². The summed E-state index contributed by atoms with van der Waals surface area (Å²) in [6.45, 7) is 4.76. The first-order chi connectivity index (χ1) is 9.91. The molecule has 0 atom stereocenters. The molecule has 6 heteroatoms. The summed E-state index contributed by atoms with van der Waals surface area (Å²) in [5, 5.41) is 2.02. The molecule has 0 spiro atoms. The van der Waals surface area contributed by atoms with E-state index in [4.69, 9.17) is 18.0 Å². The number of anilines is 1. The largest absolute Gasteiger partial charge is 0.389 e. The second-order valence-corrected chi connectivity index (χ2v) is 7.19. The van der Waals surface area contributed by atoms with Gasteiger partial charge in [-0.25, -0.2) is 4.39 Å². The quantitative estimate of drug-likeness (QED) is 0.755. The molecule has 0 aliphatic carbocycles. The van der Waals surface area contributed by atoms with Gasteiger partial charge in [-0.05, 0) is 53.4 Å². The molecular weight excluding hydrogens is 371 g/mol. The second kappa shape index (κ2) is 6.85. The average molecular weight is 387 g/mol. The summed E-state index contributed by atoms with van der Waals surface area (Å²) in [6, 6.07) is 7.72. The van der Waals surface area contributed by atoms with Crippen LogP contribution >= 0.6 is 39.5 Å². The molecule has 1 aromatic carbocycles. The number of hydrogen-bond acceptors (Lipinski definition) is 3. The Kier molecular flexibility index (Phi) is 5.35. The minimum atomic E-state index is -0.328. The lowest BCUT2D eigenvalue weighted by atomic mass is 10.1. The standard InChI is InChI=1S/C15H16BrFN2S2/c1-9(2)19(8-10-4-3-7-21-10)12-6-5-11(15(18)20)13(16)14(12)17/h3-7,9H,8H2,1-2H3,(H2,18,20). The summed E-state index contributed by atoms with van der Waals surface area (Å²) < 4.78 is 15.0. The van der Waals surface area contributed by atoms with E-state index in [1.807, 2.05) is 30.2 Å². The van der Waals surface area contributed by atoms with Crippen LogP contribution < -0.4 is 10.6 Å². The molecule has 0 bridgehead atoms. The van der Waals surface area contributed by atoms with Gasteiger partial charge in [0.05, 0.1) is 16.7 Å². The first-order valence-corrected chi connectivity index (χ1v) is 8.56. The second-order valence-electron chi connectivity index (χ2n) is 4.93. The van der Waals surface area contributed by atoms with Crippen molar-refractivity contribution >= 4 is 50.2 Å². The van der Waals surface area contributed by atoms with Gasteiger partial charge in [0, 0.05) is 16.5 Å². The van der Waals surface area contributed by atoms with E-state index in [0.29, 0.717) is 22.3 Å². The van der Waals surface area contributed by atoms with Gasteiger partial charge in [-0.1, -0.05) is 18.3 Å². The fraction of sp³-hybridized carbons (Fsp3) is 0.267. The van der Waals surface area contributed by atoms with Gasteiger partial charge in [-0.2, -0.15) is 0 Å². The van der Waals surface area contributed by atoms with Crippen molar-refractivity contribution in [2.24, 2.45) is 5.73 Å². The molecule has 1 heterocycles. The van der Waals surface area contributed by atoms with Gasteiger partial charge in [-0.3, -0.25) is 0 Å². The molecule has 0 saturated carbocycles. The summed E-state index contributed by atoms with van der Waals surface area (Å²) in [5.74, 6) is -0.328. The van der Waals surface area contributed by atoms with E-state index in [2.05, 4.69) is 22.0 Å². The van der Waals surface area contributed by atoms with Crippen LogP contribution in [-0.4, -0.2) is 11.0 Å². The minimum Gasteiger partial charge on any atom is -0.389 e. The Morgan fingerprint density at radius 2 is 2.14 bits per heavy atom. The zero-order chi connectivity index (χ0) is 15.6. The number of nitrogens with zero attached hydrogens (tertiary/aromatic N) is 1. The van der Waals surface area contributed by atoms with Crippen molar-refractivity contribution in [3.63, 3.8) is 0 Å². The highest BCUT2D eigenvalue weighted by Gasteiger charge is 2.20. The number of thiophene rings is 1. The highest BCUT2D eigenvalue weighted by atomic mass is 79.9. The smallest absolute Gasteiger partial charge is 0.161 e. The van der Waals surface area contributed by atoms with Gasteiger partial charge in [-0.15, -0.1) is 11.3 Å². The van der Waals surface area contributed by atoms with Crippen molar-refractivity contribution < 1.29 is 4.39 Å². The van der Waals surface area contributed by atoms with Crippen molar-refractivity contribution in [2.45, 2.75) is 26.4 Å². The monoisotopic (exact) mass is 386 g/mol. The van der Waals surface area contributed by atoms with E-state index in [1.54, 1.807) is 23.5 Å².